The summed E-state index contributed by atoms with van der Waals surface area (Å²) in [5, 5.41) is 4.17. The summed E-state index contributed by atoms with van der Waals surface area (Å²) in [5.74, 6) is 0.839. The van der Waals surface area contributed by atoms with Crippen LogP contribution in [-0.2, 0) is 5.41 Å². The molecule has 140 valence electrons. The van der Waals surface area contributed by atoms with E-state index in [4.69, 9.17) is 10.5 Å². The quantitative estimate of drug-likeness (QED) is 0.478. The second kappa shape index (κ2) is 6.43. The van der Waals surface area contributed by atoms with Crippen molar-refractivity contribution in [2.75, 3.05) is 25.4 Å². The third-order valence-corrected chi connectivity index (χ3v) is 5.38. The van der Waals surface area contributed by atoms with Gasteiger partial charge in [-0.15, -0.1) is 0 Å². The fourth-order valence-corrected chi connectivity index (χ4v) is 3.94. The Labute approximate surface area is 158 Å². The summed E-state index contributed by atoms with van der Waals surface area (Å²) in [5.41, 5.74) is 10.6. The lowest BCUT2D eigenvalue weighted by molar-refractivity contribution is 0.103. The molecule has 1 aliphatic rings. The van der Waals surface area contributed by atoms with Crippen molar-refractivity contribution in [1.82, 2.24) is 10.3 Å². The van der Waals surface area contributed by atoms with Crippen molar-refractivity contribution in [2.24, 2.45) is 0 Å². The molecule has 2 aromatic carbocycles. The Kier molecular flexibility index (Phi) is 4.19. The van der Waals surface area contributed by atoms with Crippen LogP contribution in [0.1, 0.15) is 48.0 Å². The average molecular weight is 363 g/mol. The van der Waals surface area contributed by atoms with Gasteiger partial charge in [0, 0.05) is 39.8 Å². The van der Waals surface area contributed by atoms with Gasteiger partial charge in [0.05, 0.1) is 5.56 Å². The molecular weight excluding hydrogens is 338 g/mol. The molecule has 0 aliphatic heterocycles. The summed E-state index contributed by atoms with van der Waals surface area (Å²) in [4.78, 5) is 16.7. The summed E-state index contributed by atoms with van der Waals surface area (Å²) in [6.45, 7) is 8.65. The van der Waals surface area contributed by atoms with Gasteiger partial charge < -0.3 is 20.8 Å². The van der Waals surface area contributed by atoms with Crippen LogP contribution in [0.5, 0.6) is 5.75 Å². The summed E-state index contributed by atoms with van der Waals surface area (Å²) in [7, 11) is 0. The molecule has 1 aliphatic carbocycles. The highest BCUT2D eigenvalue weighted by atomic mass is 16.5. The number of nitrogen functional groups attached to an aromatic ring is 1. The van der Waals surface area contributed by atoms with E-state index in [0.29, 0.717) is 12.3 Å². The summed E-state index contributed by atoms with van der Waals surface area (Å²) >= 11 is 0. The minimum absolute atomic E-state index is 0.0505. The second-order valence-corrected chi connectivity index (χ2v) is 7.54. The van der Waals surface area contributed by atoms with Gasteiger partial charge in [0.25, 0.3) is 0 Å². The molecule has 0 saturated carbocycles. The highest BCUT2D eigenvalue weighted by Gasteiger charge is 2.39. The smallest absolute Gasteiger partial charge is 0.195 e. The number of H-pyrrole nitrogens is 1. The van der Waals surface area contributed by atoms with Gasteiger partial charge in [-0.05, 0) is 42.4 Å². The molecule has 0 radical (unpaired) electrons. The highest BCUT2D eigenvalue weighted by molar-refractivity contribution is 6.20. The number of nitrogens with one attached hydrogen (secondary N) is 2. The number of aromatic nitrogens is 1. The second-order valence-electron chi connectivity index (χ2n) is 7.54. The highest BCUT2D eigenvalue weighted by Crippen LogP contribution is 2.44. The molecule has 5 heteroatoms. The summed E-state index contributed by atoms with van der Waals surface area (Å²) in [6, 6.07) is 11.4. The van der Waals surface area contributed by atoms with Gasteiger partial charge in [-0.25, -0.2) is 0 Å². The average Bonchev–Trinajstić information content (AvgIpc) is 3.03. The number of nitrogens with two attached hydrogens (primary N) is 1. The number of aromatic amines is 1. The molecule has 0 fully saturated rings. The first-order valence-electron chi connectivity index (χ1n) is 9.38. The molecule has 0 unspecified atom stereocenters. The first kappa shape index (κ1) is 17.6. The van der Waals surface area contributed by atoms with Gasteiger partial charge in [0.2, 0.25) is 0 Å². The Morgan fingerprint density at radius 3 is 2.78 bits per heavy atom. The van der Waals surface area contributed by atoms with E-state index in [1.807, 2.05) is 36.4 Å². The lowest BCUT2D eigenvalue weighted by Gasteiger charge is -2.32. The van der Waals surface area contributed by atoms with Gasteiger partial charge in [0.1, 0.15) is 12.4 Å². The lowest BCUT2D eigenvalue weighted by Crippen LogP contribution is -2.30. The van der Waals surface area contributed by atoms with Crippen LogP contribution in [0.25, 0.3) is 10.9 Å². The number of hydrogen-bond acceptors (Lipinski definition) is 4. The zero-order chi connectivity index (χ0) is 19.2. The number of anilines is 1. The van der Waals surface area contributed by atoms with E-state index < -0.39 is 0 Å². The van der Waals surface area contributed by atoms with Crippen molar-refractivity contribution in [2.45, 2.75) is 26.2 Å². The fraction of sp³-hybridized carbons (Fsp3) is 0.318. The molecule has 5 nitrogen and oxygen atoms in total. The van der Waals surface area contributed by atoms with E-state index in [0.717, 1.165) is 52.1 Å². The number of ether oxygens (including phenoxy) is 1. The maximum Gasteiger partial charge on any atom is 0.195 e. The standard InChI is InChI=1S/C22H25N3O2/c1-4-24-9-10-27-14-6-8-15-17(12-14)22(2,3)21-19(20(15)26)16-7-5-13(23)11-18(16)25-21/h5-8,11-12,24-25H,4,9-10,23H2,1-3H3. The molecule has 1 aromatic heterocycles. The van der Waals surface area contributed by atoms with Gasteiger partial charge in [0.15, 0.2) is 5.78 Å². The van der Waals surface area contributed by atoms with Gasteiger partial charge in [-0.2, -0.15) is 0 Å². The van der Waals surface area contributed by atoms with Crippen molar-refractivity contribution in [3.63, 3.8) is 0 Å². The molecule has 3 aromatic rings. The number of carbonyl (C=O) groups is 1. The first-order valence-corrected chi connectivity index (χ1v) is 9.38. The maximum atomic E-state index is 13.3. The van der Waals surface area contributed by atoms with Crippen molar-refractivity contribution in [3.8, 4) is 5.75 Å². The van der Waals surface area contributed by atoms with Crippen molar-refractivity contribution in [1.29, 1.82) is 0 Å². The topological polar surface area (TPSA) is 80.1 Å². The van der Waals surface area contributed by atoms with E-state index in [-0.39, 0.29) is 11.2 Å². The van der Waals surface area contributed by atoms with Crippen molar-refractivity contribution < 1.29 is 9.53 Å². The predicted octanol–water partition coefficient (Wildman–Crippen LogP) is 3.61. The van der Waals surface area contributed by atoms with Crippen molar-refractivity contribution in [3.05, 3.63) is 58.8 Å². The number of likely N-dealkylation sites (N-methyl/N-ethyl adjacent to an activating group) is 1. The Bertz CT molecular complexity index is 1030. The summed E-state index contributed by atoms with van der Waals surface area (Å²) < 4.78 is 5.86. The van der Waals surface area contributed by atoms with Crippen LogP contribution in [0, 0.1) is 0 Å². The van der Waals surface area contributed by atoms with Gasteiger partial charge in [-0.1, -0.05) is 26.8 Å². The lowest BCUT2D eigenvalue weighted by atomic mass is 9.71. The van der Waals surface area contributed by atoms with Crippen LogP contribution in [0.2, 0.25) is 0 Å². The molecule has 1 heterocycles. The van der Waals surface area contributed by atoms with Crippen LogP contribution in [0.15, 0.2) is 36.4 Å². The van der Waals surface area contributed by atoms with E-state index in [1.54, 1.807) is 0 Å². The molecule has 0 saturated heterocycles. The normalized spacial score (nSPS) is 14.9. The minimum Gasteiger partial charge on any atom is -0.492 e. The zero-order valence-electron chi connectivity index (χ0n) is 16.0. The number of ketones is 1. The summed E-state index contributed by atoms with van der Waals surface area (Å²) in [6.07, 6.45) is 0. The number of fused-ring (bicyclic) bond motifs is 4. The molecule has 4 rings (SSSR count). The van der Waals surface area contributed by atoms with E-state index in [9.17, 15) is 4.79 Å². The number of hydrogen-bond donors (Lipinski definition) is 3. The first-order chi connectivity index (χ1) is 12.9. The molecular formula is C22H25N3O2. The Morgan fingerprint density at radius 1 is 1.19 bits per heavy atom. The minimum atomic E-state index is -0.340. The number of benzene rings is 2. The van der Waals surface area contributed by atoms with Crippen LogP contribution >= 0.6 is 0 Å². The largest absolute Gasteiger partial charge is 0.492 e. The molecule has 0 atom stereocenters. The Morgan fingerprint density at radius 2 is 2.00 bits per heavy atom. The van der Waals surface area contributed by atoms with E-state index >= 15 is 0 Å². The zero-order valence-corrected chi connectivity index (χ0v) is 16.0. The van der Waals surface area contributed by atoms with E-state index in [1.165, 1.54) is 0 Å². The van der Waals surface area contributed by atoms with Crippen LogP contribution < -0.4 is 15.8 Å². The van der Waals surface area contributed by atoms with Crippen LogP contribution in [-0.4, -0.2) is 30.5 Å². The van der Waals surface area contributed by atoms with Crippen molar-refractivity contribution >= 4 is 22.4 Å². The van der Waals surface area contributed by atoms with Gasteiger partial charge >= 0.3 is 0 Å². The maximum absolute atomic E-state index is 13.3. The van der Waals surface area contributed by atoms with Gasteiger partial charge in [-0.3, -0.25) is 4.79 Å². The fourth-order valence-electron chi connectivity index (χ4n) is 3.94. The number of carbonyl (C=O) groups excluding carboxylic acids is 1. The molecule has 0 spiro atoms. The van der Waals surface area contributed by atoms with Crippen LogP contribution in [0.3, 0.4) is 0 Å². The van der Waals surface area contributed by atoms with Crippen LogP contribution in [0.4, 0.5) is 5.69 Å². The molecule has 0 amide bonds. The number of rotatable bonds is 5. The third-order valence-electron chi connectivity index (χ3n) is 5.38. The third kappa shape index (κ3) is 2.79. The Hall–Kier alpha value is -2.79. The Balaban J connectivity index is 1.78. The SMILES string of the molecule is CCNCCOc1ccc2c(c1)C(C)(C)c1[nH]c3cc(N)ccc3c1C2=O. The monoisotopic (exact) mass is 363 g/mol. The van der Waals surface area contributed by atoms with E-state index in [2.05, 4.69) is 31.1 Å². The molecule has 27 heavy (non-hydrogen) atoms. The molecule has 4 N–H and O–H groups in total. The predicted molar refractivity (Wildman–Crippen MR) is 109 cm³/mol. The molecule has 0 bridgehead atoms.